The summed E-state index contributed by atoms with van der Waals surface area (Å²) in [5.74, 6) is -6.98. The molecule has 15 nitrogen and oxygen atoms in total. The molecule has 5 aliphatic rings. The fourth-order valence-electron chi connectivity index (χ4n) is 10.0. The van der Waals surface area contributed by atoms with E-state index in [-0.39, 0.29) is 61.8 Å². The SMILES string of the molecule is CO[C@H]1/C=C/O[C@@]2(C)Oc3c(C)c(O)c4c(O)c(c5c(c4c3C2=O)NC2(CC3CCC(C2)N3C)N=5)=NC(=O)/C(C)=C\C=C\[C@H](C)[C@H](O)[C@@H](C)[C@@H](O)[C@@H](C)[C@H](OC(C)=O)[C@@H]1C. The number of phenols is 2. The van der Waals surface area contributed by atoms with Crippen molar-refractivity contribution in [1.82, 2.24) is 4.90 Å². The number of Topliss-reactive ketones (excluding diaryl/α,β-unsaturated/α-hetero) is 1. The Labute approximate surface area is 349 Å². The van der Waals surface area contributed by atoms with Crippen molar-refractivity contribution in [3.8, 4) is 17.2 Å². The monoisotopic (exact) mass is 830 g/mol. The summed E-state index contributed by atoms with van der Waals surface area (Å²) in [5.41, 5.74) is -0.0592. The molecular weight excluding hydrogens is 773 g/mol. The molecule has 2 fully saturated rings. The van der Waals surface area contributed by atoms with Gasteiger partial charge in [-0.15, -0.1) is 0 Å². The molecule has 5 heterocycles. The van der Waals surface area contributed by atoms with Crippen molar-refractivity contribution in [2.45, 2.75) is 129 Å². The molecule has 2 aromatic carbocycles. The standard InChI is InChI=1S/C45H58N4O11/c1-20-12-11-13-21(2)43(56)46-35-34-33(47-45(48-34)18-27-14-15-28(19-45)49(27)9)30-31(39(35)54)38(53)25(6)41-32(30)42(55)44(8,60-41)58-17-16-29(57-10)22(3)40(59-26(7)50)24(5)37(52)23(4)36(20)51/h11-13,16-17,20,22-24,27-29,36-37,40,47,51-54H,14-15,18-19H2,1-10H3/b12-11+,17-16+,21-13-,46-35?/t20-,22+,23+,24+,27?,28?,29-,36-,37+,40+,44-,45?/m0/s1. The van der Waals surface area contributed by atoms with Crippen LogP contribution in [-0.4, -0.2) is 105 Å². The molecule has 2 saturated heterocycles. The minimum absolute atomic E-state index is 0.0606. The number of piperidine rings is 1. The first-order chi connectivity index (χ1) is 28.2. The zero-order valence-electron chi connectivity index (χ0n) is 36.0. The maximum Gasteiger partial charge on any atom is 0.312 e. The van der Waals surface area contributed by atoms with Gasteiger partial charge in [-0.05, 0) is 39.8 Å². The highest BCUT2D eigenvalue weighted by Gasteiger charge is 2.53. The largest absolute Gasteiger partial charge is 0.507 e. The Hall–Kier alpha value is -4.83. The second-order valence-corrected chi connectivity index (χ2v) is 17.7. The van der Waals surface area contributed by atoms with Gasteiger partial charge in [-0.1, -0.05) is 45.9 Å². The van der Waals surface area contributed by atoms with Gasteiger partial charge in [0.15, 0.2) is 5.75 Å². The van der Waals surface area contributed by atoms with Crippen molar-refractivity contribution in [2.24, 2.45) is 33.7 Å². The summed E-state index contributed by atoms with van der Waals surface area (Å²) in [7, 11) is 3.57. The van der Waals surface area contributed by atoms with E-state index in [1.807, 2.05) is 0 Å². The molecule has 324 valence electrons. The Morgan fingerprint density at radius 1 is 0.950 bits per heavy atom. The summed E-state index contributed by atoms with van der Waals surface area (Å²) in [4.78, 5) is 53.0. The van der Waals surface area contributed by atoms with Crippen molar-refractivity contribution >= 4 is 34.1 Å². The molecule has 5 N–H and O–H groups in total. The van der Waals surface area contributed by atoms with Crippen LogP contribution < -0.4 is 20.8 Å². The van der Waals surface area contributed by atoms with E-state index in [9.17, 15) is 34.8 Å². The van der Waals surface area contributed by atoms with Crippen LogP contribution in [-0.2, 0) is 23.8 Å². The number of fused-ring (bicyclic) bond motifs is 3. The number of ether oxygens (including phenoxy) is 4. The fourth-order valence-corrected chi connectivity index (χ4v) is 10.0. The van der Waals surface area contributed by atoms with E-state index in [4.69, 9.17) is 23.9 Å². The number of methoxy groups -OCH3 is 1. The van der Waals surface area contributed by atoms with Gasteiger partial charge in [0.1, 0.15) is 34.0 Å². The highest BCUT2D eigenvalue weighted by atomic mass is 16.7. The van der Waals surface area contributed by atoms with Crippen LogP contribution in [0.3, 0.4) is 0 Å². The van der Waals surface area contributed by atoms with Gasteiger partial charge in [0, 0.05) is 86.1 Å². The summed E-state index contributed by atoms with van der Waals surface area (Å²) >= 11 is 0. The van der Waals surface area contributed by atoms with Crippen LogP contribution in [0.15, 0.2) is 46.1 Å². The van der Waals surface area contributed by atoms with Gasteiger partial charge in [-0.3, -0.25) is 19.4 Å². The van der Waals surface area contributed by atoms with Gasteiger partial charge in [0.25, 0.3) is 11.7 Å². The molecule has 1 amide bonds. The smallest absolute Gasteiger partial charge is 0.312 e. The number of allylic oxidation sites excluding steroid dienone is 2. The number of aliphatic hydroxyl groups is 2. The van der Waals surface area contributed by atoms with Crippen molar-refractivity contribution in [3.05, 3.63) is 58.0 Å². The third-order valence-electron chi connectivity index (χ3n) is 13.7. The van der Waals surface area contributed by atoms with E-state index in [1.54, 1.807) is 65.8 Å². The van der Waals surface area contributed by atoms with Crippen LogP contribution >= 0.6 is 0 Å². The molecule has 15 heteroatoms. The minimum Gasteiger partial charge on any atom is -0.507 e. The van der Waals surface area contributed by atoms with Crippen LogP contribution in [0.1, 0.15) is 90.1 Å². The van der Waals surface area contributed by atoms with Crippen LogP contribution in [0.4, 0.5) is 5.69 Å². The molecule has 11 atom stereocenters. The number of rotatable bonds is 2. The van der Waals surface area contributed by atoms with Crippen LogP contribution in [0, 0.1) is 30.6 Å². The zero-order valence-corrected chi connectivity index (χ0v) is 36.0. The number of carbonyl (C=O) groups excluding carboxylic acids is 3. The lowest BCUT2D eigenvalue weighted by atomic mass is 9.78. The van der Waals surface area contributed by atoms with Crippen LogP contribution in [0.25, 0.3) is 10.8 Å². The quantitative estimate of drug-likeness (QED) is 0.212. The molecule has 7 rings (SSSR count). The normalized spacial score (nSPS) is 37.7. The van der Waals surface area contributed by atoms with Crippen LogP contribution in [0.5, 0.6) is 17.2 Å². The fraction of sp³-hybridized carbons (Fsp3) is 0.578. The Morgan fingerprint density at radius 3 is 2.25 bits per heavy atom. The molecule has 5 aliphatic heterocycles. The molecule has 0 saturated carbocycles. The number of hydrogen-bond acceptors (Lipinski definition) is 14. The molecule has 0 radical (unpaired) electrons. The van der Waals surface area contributed by atoms with Crippen molar-refractivity contribution in [2.75, 3.05) is 19.5 Å². The molecule has 2 aromatic rings. The first-order valence-electron chi connectivity index (χ1n) is 20.8. The number of aliphatic hydroxyl groups excluding tert-OH is 2. The van der Waals surface area contributed by atoms with E-state index in [2.05, 4.69) is 22.3 Å². The van der Waals surface area contributed by atoms with Gasteiger partial charge < -0.3 is 49.6 Å². The summed E-state index contributed by atoms with van der Waals surface area (Å²) < 4.78 is 24.0. The number of benzene rings is 2. The van der Waals surface area contributed by atoms with E-state index in [1.165, 1.54) is 27.2 Å². The number of nitrogens with one attached hydrogen (secondary N) is 1. The summed E-state index contributed by atoms with van der Waals surface area (Å²) in [5, 5.41) is 50.7. The second-order valence-electron chi connectivity index (χ2n) is 17.7. The number of hydrogen-bond donors (Lipinski definition) is 5. The van der Waals surface area contributed by atoms with E-state index in [0.29, 0.717) is 18.5 Å². The van der Waals surface area contributed by atoms with Gasteiger partial charge in [-0.25, -0.2) is 4.99 Å². The van der Waals surface area contributed by atoms with E-state index in [0.717, 1.165) is 12.8 Å². The number of aromatic hydroxyl groups is 2. The summed E-state index contributed by atoms with van der Waals surface area (Å²) in [6.45, 7) is 12.9. The number of carbonyl (C=O) groups is 3. The third-order valence-corrected chi connectivity index (χ3v) is 13.7. The van der Waals surface area contributed by atoms with Gasteiger partial charge in [0.05, 0.1) is 41.2 Å². The summed E-state index contributed by atoms with van der Waals surface area (Å²) in [6.07, 6.45) is 7.16. The molecule has 1 spiro atoms. The second kappa shape index (κ2) is 15.9. The predicted molar refractivity (Wildman–Crippen MR) is 221 cm³/mol. The first kappa shape index (κ1) is 43.3. The zero-order chi connectivity index (χ0) is 43.7. The lowest BCUT2D eigenvalue weighted by Gasteiger charge is -2.42. The Balaban J connectivity index is 1.42. The van der Waals surface area contributed by atoms with Crippen LogP contribution in [0.2, 0.25) is 0 Å². The average Bonchev–Trinajstić information content (AvgIpc) is 3.77. The highest BCUT2D eigenvalue weighted by molar-refractivity contribution is 6.21. The van der Waals surface area contributed by atoms with Crippen molar-refractivity contribution in [1.29, 1.82) is 0 Å². The van der Waals surface area contributed by atoms with Crippen molar-refractivity contribution in [3.63, 3.8) is 0 Å². The average molecular weight is 831 g/mol. The van der Waals surface area contributed by atoms with E-state index < -0.39 is 82.9 Å². The first-order valence-corrected chi connectivity index (χ1v) is 20.8. The number of phenolic OH excluding ortho intramolecular Hbond substituents is 2. The molecule has 2 unspecified atom stereocenters. The lowest BCUT2D eigenvalue weighted by molar-refractivity contribution is -0.160. The topological polar surface area (TPSA) is 209 Å². The maximum atomic E-state index is 14.7. The number of esters is 1. The highest BCUT2D eigenvalue weighted by Crippen LogP contribution is 2.52. The number of ketones is 1. The predicted octanol–water partition coefficient (Wildman–Crippen LogP) is 4.25. The summed E-state index contributed by atoms with van der Waals surface area (Å²) in [6, 6.07) is 0.455. The van der Waals surface area contributed by atoms with Gasteiger partial charge in [-0.2, -0.15) is 0 Å². The molecule has 0 aliphatic carbocycles. The minimum atomic E-state index is -1.95. The van der Waals surface area contributed by atoms with Crippen molar-refractivity contribution < 1.29 is 53.8 Å². The van der Waals surface area contributed by atoms with Gasteiger partial charge >= 0.3 is 11.8 Å². The maximum absolute atomic E-state index is 14.7. The number of anilines is 1. The Bertz CT molecular complexity index is 2330. The Kier molecular flexibility index (Phi) is 11.5. The number of amides is 1. The Morgan fingerprint density at radius 2 is 1.62 bits per heavy atom. The molecule has 6 bridgehead atoms. The van der Waals surface area contributed by atoms with Gasteiger partial charge in [0.2, 0.25) is 0 Å². The molecular formula is C45H58N4O11. The van der Waals surface area contributed by atoms with E-state index >= 15 is 0 Å². The molecule has 60 heavy (non-hydrogen) atoms. The molecule has 0 aromatic heterocycles. The lowest BCUT2D eigenvalue weighted by Crippen LogP contribution is -2.51. The number of nitrogens with zero attached hydrogens (tertiary/aromatic N) is 3. The third kappa shape index (κ3) is 7.16.